The predicted molar refractivity (Wildman–Crippen MR) is 113 cm³/mol. The Morgan fingerprint density at radius 3 is 0.941 bits per heavy atom. The van der Waals surface area contributed by atoms with E-state index >= 15 is 0 Å². The first-order valence-electron chi connectivity index (χ1n) is 9.44. The van der Waals surface area contributed by atoms with Crippen molar-refractivity contribution in [3.63, 3.8) is 0 Å². The summed E-state index contributed by atoms with van der Waals surface area (Å²) in [5.74, 6) is -3.35. The topological polar surface area (TPSA) is 185 Å². The molecule has 5 rings (SSSR count). The first-order chi connectivity index (χ1) is 16.1. The molecule has 4 aliphatic rings. The highest BCUT2D eigenvalue weighted by atomic mass is 16.2. The highest BCUT2D eigenvalue weighted by Gasteiger charge is 2.29. The van der Waals surface area contributed by atoms with E-state index in [9.17, 15) is 38.4 Å². The molecule has 0 radical (unpaired) electrons. The molecule has 12 heteroatoms. The second-order valence-corrected chi connectivity index (χ2v) is 6.67. The van der Waals surface area contributed by atoms with Crippen molar-refractivity contribution in [2.75, 3.05) is 0 Å². The molecule has 4 heterocycles. The van der Waals surface area contributed by atoms with E-state index in [1.807, 2.05) is 10.6 Å². The molecule has 0 bridgehead atoms. The molecule has 8 amide bonds. The molecule has 4 aliphatic heterocycles. The first-order valence-corrected chi connectivity index (χ1v) is 9.44. The van der Waals surface area contributed by atoms with Crippen molar-refractivity contribution in [1.82, 2.24) is 21.3 Å². The number of imide groups is 4. The average molecular weight is 462 g/mol. The molecule has 0 spiro atoms. The summed E-state index contributed by atoms with van der Waals surface area (Å²) in [7, 11) is 0. The summed E-state index contributed by atoms with van der Waals surface area (Å²) < 4.78 is 0. The SMILES string of the molecule is O=C1C=C(c2ccccc2C2=CC(=O)NC2=O)C(=O)N1.O=C1C=CC(=O)N1.O=C1C=CC(=O)N1. The lowest BCUT2D eigenvalue weighted by atomic mass is 9.94. The monoisotopic (exact) mass is 462 g/mol. The summed E-state index contributed by atoms with van der Waals surface area (Å²) in [4.78, 5) is 86.0. The zero-order valence-corrected chi connectivity index (χ0v) is 17.0. The number of carbonyl (C=O) groups is 8. The molecule has 0 fully saturated rings. The Morgan fingerprint density at radius 1 is 0.412 bits per heavy atom. The molecule has 1 aromatic rings. The quantitative estimate of drug-likeness (QED) is 0.370. The van der Waals surface area contributed by atoms with Gasteiger partial charge < -0.3 is 0 Å². The molecule has 0 saturated carbocycles. The Hall–Kier alpha value is -5.26. The Balaban J connectivity index is 0.000000188. The van der Waals surface area contributed by atoms with Crippen LogP contribution < -0.4 is 21.3 Å². The maximum atomic E-state index is 11.7. The number of hydrogen-bond acceptors (Lipinski definition) is 8. The molecule has 4 N–H and O–H groups in total. The Labute approximate surface area is 190 Å². The molecule has 0 unspecified atom stereocenters. The van der Waals surface area contributed by atoms with Gasteiger partial charge in [0.25, 0.3) is 47.3 Å². The van der Waals surface area contributed by atoms with Crippen LogP contribution in [0.3, 0.4) is 0 Å². The summed E-state index contributed by atoms with van der Waals surface area (Å²) in [5.41, 5.74) is 1.23. The predicted octanol–water partition coefficient (Wildman–Crippen LogP) is -1.84. The zero-order valence-electron chi connectivity index (χ0n) is 17.0. The molecule has 0 aliphatic carbocycles. The van der Waals surface area contributed by atoms with Gasteiger partial charge in [-0.1, -0.05) is 24.3 Å². The van der Waals surface area contributed by atoms with Crippen LogP contribution >= 0.6 is 0 Å². The van der Waals surface area contributed by atoms with E-state index in [0.717, 1.165) is 0 Å². The average Bonchev–Trinajstić information content (AvgIpc) is 3.52. The standard InChI is InChI=1S/C14H8N2O4.2C4H3NO2/c17-11-5-9(13(19)15-11)7-3-1-2-4-8(7)10-6-12(18)16-14(10)20;2*6-3-1-2-4(7)5-3/h1-6H,(H,15,17,19)(H,16,18,20);2*1-2H,(H,5,6,7). The molecule has 0 atom stereocenters. The summed E-state index contributed by atoms with van der Waals surface area (Å²) >= 11 is 0. The lowest BCUT2D eigenvalue weighted by Crippen LogP contribution is -2.23. The molecular formula is C22H14N4O8. The lowest BCUT2D eigenvalue weighted by Gasteiger charge is -2.08. The van der Waals surface area contributed by atoms with Gasteiger partial charge in [0.1, 0.15) is 0 Å². The number of nitrogens with one attached hydrogen (secondary N) is 4. The van der Waals surface area contributed by atoms with E-state index in [1.54, 1.807) is 24.3 Å². The molecule has 12 nitrogen and oxygen atoms in total. The van der Waals surface area contributed by atoms with Gasteiger partial charge in [-0.15, -0.1) is 0 Å². The van der Waals surface area contributed by atoms with E-state index in [0.29, 0.717) is 11.1 Å². The van der Waals surface area contributed by atoms with Gasteiger partial charge >= 0.3 is 0 Å². The Bertz CT molecular complexity index is 1170. The maximum Gasteiger partial charge on any atom is 0.258 e. The molecular weight excluding hydrogens is 448 g/mol. The van der Waals surface area contributed by atoms with E-state index in [-0.39, 0.29) is 34.8 Å². The number of rotatable bonds is 2. The second kappa shape index (κ2) is 9.91. The van der Waals surface area contributed by atoms with Crippen molar-refractivity contribution in [2.24, 2.45) is 0 Å². The fourth-order valence-electron chi connectivity index (χ4n) is 2.89. The minimum Gasteiger partial charge on any atom is -0.289 e. The van der Waals surface area contributed by atoms with Crippen LogP contribution in [0.25, 0.3) is 11.1 Å². The van der Waals surface area contributed by atoms with Crippen LogP contribution in [-0.2, 0) is 38.4 Å². The van der Waals surface area contributed by atoms with Gasteiger partial charge in [-0.2, -0.15) is 0 Å². The number of carbonyl (C=O) groups excluding carboxylic acids is 8. The van der Waals surface area contributed by atoms with Crippen LogP contribution in [0.2, 0.25) is 0 Å². The van der Waals surface area contributed by atoms with Gasteiger partial charge in [-0.25, -0.2) is 0 Å². The number of hydrogen-bond donors (Lipinski definition) is 4. The number of benzene rings is 1. The molecule has 170 valence electrons. The molecule has 34 heavy (non-hydrogen) atoms. The first kappa shape index (κ1) is 23.4. The van der Waals surface area contributed by atoms with Crippen molar-refractivity contribution in [1.29, 1.82) is 0 Å². The van der Waals surface area contributed by atoms with Gasteiger partial charge in [0.05, 0.1) is 11.1 Å². The van der Waals surface area contributed by atoms with Crippen molar-refractivity contribution in [3.05, 3.63) is 71.8 Å². The third-order valence-corrected chi connectivity index (χ3v) is 4.29. The highest BCUT2D eigenvalue weighted by molar-refractivity contribution is 6.37. The van der Waals surface area contributed by atoms with E-state index in [1.165, 1.54) is 36.5 Å². The smallest absolute Gasteiger partial charge is 0.258 e. The van der Waals surface area contributed by atoms with Crippen LogP contribution in [0.1, 0.15) is 11.1 Å². The molecule has 1 aromatic carbocycles. The van der Waals surface area contributed by atoms with Crippen LogP contribution in [-0.4, -0.2) is 47.3 Å². The Kier molecular flexibility index (Phi) is 6.82. The summed E-state index contributed by atoms with van der Waals surface area (Å²) in [5, 5.41) is 8.35. The van der Waals surface area contributed by atoms with Crippen molar-refractivity contribution >= 4 is 58.4 Å². The largest absolute Gasteiger partial charge is 0.289 e. The van der Waals surface area contributed by atoms with Crippen LogP contribution in [0.5, 0.6) is 0 Å². The van der Waals surface area contributed by atoms with Gasteiger partial charge in [0, 0.05) is 36.5 Å². The van der Waals surface area contributed by atoms with E-state index in [4.69, 9.17) is 0 Å². The third-order valence-electron chi connectivity index (χ3n) is 4.29. The van der Waals surface area contributed by atoms with Crippen LogP contribution in [0.4, 0.5) is 0 Å². The van der Waals surface area contributed by atoms with Crippen LogP contribution in [0, 0.1) is 0 Å². The normalized spacial score (nSPS) is 17.8. The van der Waals surface area contributed by atoms with Crippen LogP contribution in [0.15, 0.2) is 60.7 Å². The van der Waals surface area contributed by atoms with Gasteiger partial charge in [-0.05, 0) is 11.1 Å². The van der Waals surface area contributed by atoms with E-state index < -0.39 is 23.6 Å². The Morgan fingerprint density at radius 2 is 0.735 bits per heavy atom. The minimum atomic E-state index is -0.521. The summed E-state index contributed by atoms with van der Waals surface area (Å²) in [6.07, 6.45) is 7.14. The molecule has 0 saturated heterocycles. The minimum absolute atomic E-state index is 0.179. The van der Waals surface area contributed by atoms with E-state index in [2.05, 4.69) is 10.6 Å². The fraction of sp³-hybridized carbons (Fsp3) is 0. The second-order valence-electron chi connectivity index (χ2n) is 6.67. The van der Waals surface area contributed by atoms with Gasteiger partial charge in [-0.3, -0.25) is 59.6 Å². The van der Waals surface area contributed by atoms with Gasteiger partial charge in [0.2, 0.25) is 0 Å². The van der Waals surface area contributed by atoms with Gasteiger partial charge in [0.15, 0.2) is 0 Å². The maximum absolute atomic E-state index is 11.7. The lowest BCUT2D eigenvalue weighted by molar-refractivity contribution is -0.125. The van der Waals surface area contributed by atoms with Crippen molar-refractivity contribution < 1.29 is 38.4 Å². The highest BCUT2D eigenvalue weighted by Crippen LogP contribution is 2.28. The number of amides is 8. The summed E-state index contributed by atoms with van der Waals surface area (Å²) in [6, 6.07) is 6.61. The third kappa shape index (κ3) is 5.70. The van der Waals surface area contributed by atoms with Crippen molar-refractivity contribution in [3.8, 4) is 0 Å². The fourth-order valence-corrected chi connectivity index (χ4v) is 2.89. The summed E-state index contributed by atoms with van der Waals surface area (Å²) in [6.45, 7) is 0. The molecule has 0 aromatic heterocycles. The van der Waals surface area contributed by atoms with Crippen molar-refractivity contribution in [2.45, 2.75) is 0 Å². The zero-order chi connectivity index (χ0) is 24.8.